The minimum atomic E-state index is -1.79. The van der Waals surface area contributed by atoms with E-state index in [9.17, 15) is 13.3 Å². The summed E-state index contributed by atoms with van der Waals surface area (Å²) in [6, 6.07) is 6.52. The lowest BCUT2D eigenvalue weighted by Gasteiger charge is -2.10. The summed E-state index contributed by atoms with van der Waals surface area (Å²) in [7, 11) is 0. The molecular weight excluding hydrogens is 262 g/mol. The van der Waals surface area contributed by atoms with Gasteiger partial charge in [0.15, 0.2) is 32.9 Å². The predicted octanol–water partition coefficient (Wildman–Crippen LogP) is 2.54. The van der Waals surface area contributed by atoms with Crippen molar-refractivity contribution in [2.75, 3.05) is 0 Å². The van der Waals surface area contributed by atoms with Crippen LogP contribution < -0.4 is 0 Å². The van der Waals surface area contributed by atoms with Crippen molar-refractivity contribution in [3.8, 4) is 11.5 Å². The van der Waals surface area contributed by atoms with Crippen LogP contribution in [0.25, 0.3) is 0 Å². The van der Waals surface area contributed by atoms with Crippen LogP contribution in [0, 0.1) is 11.6 Å². The van der Waals surface area contributed by atoms with Gasteiger partial charge in [-0.15, -0.1) is 0 Å². The van der Waals surface area contributed by atoms with Crippen molar-refractivity contribution >= 4 is 11.2 Å². The van der Waals surface area contributed by atoms with Crippen LogP contribution in [0.3, 0.4) is 0 Å². The molecule has 2 aromatic carbocycles. The molecule has 0 aliphatic rings. The standard InChI is InChI=1S/C12H8F2O3S/c13-9-5-7(1-3-11(9)15)18(17)8-2-4-12(16)10(14)6-8/h1-6,15-16H. The fourth-order valence-electron chi connectivity index (χ4n) is 1.34. The largest absolute Gasteiger partial charge is 0.606 e. The molecule has 0 unspecified atom stereocenters. The monoisotopic (exact) mass is 270 g/mol. The highest BCUT2D eigenvalue weighted by Crippen LogP contribution is 2.27. The summed E-state index contributed by atoms with van der Waals surface area (Å²) in [5.74, 6) is -2.90. The van der Waals surface area contributed by atoms with Crippen LogP contribution in [0.5, 0.6) is 11.5 Å². The van der Waals surface area contributed by atoms with Gasteiger partial charge in [-0.05, 0) is 24.3 Å². The molecule has 0 radical (unpaired) electrons. The van der Waals surface area contributed by atoms with E-state index in [1.807, 2.05) is 0 Å². The number of phenolic OH excluding ortho intramolecular Hbond substituents is 2. The van der Waals surface area contributed by atoms with Crippen molar-refractivity contribution in [1.29, 1.82) is 0 Å². The lowest BCUT2D eigenvalue weighted by Crippen LogP contribution is -2.03. The predicted molar refractivity (Wildman–Crippen MR) is 60.8 cm³/mol. The Morgan fingerprint density at radius 1 is 0.833 bits per heavy atom. The second kappa shape index (κ2) is 4.83. The average Bonchev–Trinajstić information content (AvgIpc) is 2.35. The number of phenols is 2. The first-order valence-electron chi connectivity index (χ1n) is 4.88. The third-order valence-electron chi connectivity index (χ3n) is 2.27. The maximum absolute atomic E-state index is 13.1. The van der Waals surface area contributed by atoms with Gasteiger partial charge in [0.1, 0.15) is 0 Å². The molecule has 2 aromatic rings. The Hall–Kier alpha value is -1.79. The Bertz CT molecular complexity index is 538. The van der Waals surface area contributed by atoms with Crippen LogP contribution in [-0.2, 0) is 11.2 Å². The van der Waals surface area contributed by atoms with E-state index >= 15 is 0 Å². The third kappa shape index (κ3) is 2.39. The molecule has 0 saturated heterocycles. The fraction of sp³-hybridized carbons (Fsp3) is 0. The Labute approximate surface area is 105 Å². The summed E-state index contributed by atoms with van der Waals surface area (Å²) >= 11 is -1.79. The number of hydrogen-bond donors (Lipinski definition) is 2. The van der Waals surface area contributed by atoms with E-state index in [2.05, 4.69) is 0 Å². The summed E-state index contributed by atoms with van der Waals surface area (Å²) in [4.78, 5) is 0.186. The molecule has 2 rings (SSSR count). The van der Waals surface area contributed by atoms with Crippen LogP contribution in [0.15, 0.2) is 46.2 Å². The van der Waals surface area contributed by atoms with Gasteiger partial charge in [0.05, 0.1) is 0 Å². The lowest BCUT2D eigenvalue weighted by molar-refractivity contribution is 0.430. The van der Waals surface area contributed by atoms with Crippen molar-refractivity contribution in [2.24, 2.45) is 0 Å². The van der Waals surface area contributed by atoms with E-state index in [0.29, 0.717) is 0 Å². The normalized spacial score (nSPS) is 10.9. The third-order valence-corrected chi connectivity index (χ3v) is 3.63. The van der Waals surface area contributed by atoms with Crippen LogP contribution >= 0.6 is 0 Å². The molecule has 0 aliphatic heterocycles. The van der Waals surface area contributed by atoms with Crippen molar-refractivity contribution < 1.29 is 23.5 Å². The summed E-state index contributed by atoms with van der Waals surface area (Å²) in [6.45, 7) is 0. The van der Waals surface area contributed by atoms with Gasteiger partial charge in [0.2, 0.25) is 0 Å². The van der Waals surface area contributed by atoms with Gasteiger partial charge in [-0.1, -0.05) is 0 Å². The molecule has 0 bridgehead atoms. The highest BCUT2D eigenvalue weighted by Gasteiger charge is 2.18. The molecule has 2 N–H and O–H groups in total. The number of aromatic hydroxyl groups is 2. The minimum Gasteiger partial charge on any atom is -0.606 e. The van der Waals surface area contributed by atoms with Gasteiger partial charge in [-0.25, -0.2) is 8.78 Å². The van der Waals surface area contributed by atoms with E-state index in [1.54, 1.807) is 0 Å². The quantitative estimate of drug-likeness (QED) is 0.824. The lowest BCUT2D eigenvalue weighted by atomic mass is 10.3. The van der Waals surface area contributed by atoms with Gasteiger partial charge < -0.3 is 14.8 Å². The smallest absolute Gasteiger partial charge is 0.169 e. The molecule has 0 amide bonds. The van der Waals surface area contributed by atoms with Gasteiger partial charge >= 0.3 is 0 Å². The summed E-state index contributed by atoms with van der Waals surface area (Å²) in [5, 5.41) is 18.0. The summed E-state index contributed by atoms with van der Waals surface area (Å²) < 4.78 is 38.2. The van der Waals surface area contributed by atoms with E-state index < -0.39 is 34.3 Å². The molecule has 0 aromatic heterocycles. The number of hydrogen-bond acceptors (Lipinski definition) is 3. The molecule has 0 fully saturated rings. The van der Waals surface area contributed by atoms with Crippen molar-refractivity contribution in [1.82, 2.24) is 0 Å². The van der Waals surface area contributed by atoms with E-state index in [1.165, 1.54) is 12.1 Å². The number of benzene rings is 2. The maximum atomic E-state index is 13.1. The summed E-state index contributed by atoms with van der Waals surface area (Å²) in [5.41, 5.74) is 0. The van der Waals surface area contributed by atoms with Crippen LogP contribution in [0.4, 0.5) is 8.78 Å². The average molecular weight is 270 g/mol. The van der Waals surface area contributed by atoms with Gasteiger partial charge in [-0.3, -0.25) is 0 Å². The Kier molecular flexibility index (Phi) is 3.40. The van der Waals surface area contributed by atoms with Crippen molar-refractivity contribution in [3.05, 3.63) is 48.0 Å². The first-order valence-corrected chi connectivity index (χ1v) is 6.03. The highest BCUT2D eigenvalue weighted by atomic mass is 32.2. The Morgan fingerprint density at radius 2 is 1.22 bits per heavy atom. The van der Waals surface area contributed by atoms with E-state index in [-0.39, 0.29) is 9.79 Å². The number of halogens is 2. The molecule has 3 nitrogen and oxygen atoms in total. The Morgan fingerprint density at radius 3 is 1.56 bits per heavy atom. The van der Waals surface area contributed by atoms with Crippen LogP contribution in [0.1, 0.15) is 0 Å². The molecule has 94 valence electrons. The molecule has 18 heavy (non-hydrogen) atoms. The first-order chi connectivity index (χ1) is 8.49. The van der Waals surface area contributed by atoms with E-state index in [4.69, 9.17) is 10.2 Å². The second-order valence-corrected chi connectivity index (χ2v) is 4.98. The van der Waals surface area contributed by atoms with Crippen LogP contribution in [0.2, 0.25) is 0 Å². The molecule has 0 aliphatic carbocycles. The van der Waals surface area contributed by atoms with Gasteiger partial charge in [-0.2, -0.15) is 0 Å². The molecule has 6 heteroatoms. The molecular formula is C12H8F2O3S. The highest BCUT2D eigenvalue weighted by molar-refractivity contribution is 7.91. The molecule has 0 heterocycles. The van der Waals surface area contributed by atoms with Crippen molar-refractivity contribution in [3.63, 3.8) is 0 Å². The van der Waals surface area contributed by atoms with E-state index in [0.717, 1.165) is 24.3 Å². The van der Waals surface area contributed by atoms with Gasteiger partial charge in [0, 0.05) is 23.3 Å². The second-order valence-electron chi connectivity index (χ2n) is 3.50. The number of rotatable bonds is 2. The van der Waals surface area contributed by atoms with Gasteiger partial charge in [0.25, 0.3) is 0 Å². The van der Waals surface area contributed by atoms with Crippen LogP contribution in [-0.4, -0.2) is 14.8 Å². The Balaban J connectivity index is 2.37. The fourth-order valence-corrected chi connectivity index (χ4v) is 2.42. The maximum Gasteiger partial charge on any atom is 0.169 e. The summed E-state index contributed by atoms with van der Waals surface area (Å²) in [6.07, 6.45) is 0. The minimum absolute atomic E-state index is 0.0930. The zero-order valence-electron chi connectivity index (χ0n) is 8.93. The SMILES string of the molecule is [O-][S+](c1ccc(O)c(F)c1)c1ccc(O)c(F)c1. The zero-order chi connectivity index (χ0) is 13.3. The molecule has 0 saturated carbocycles. The zero-order valence-corrected chi connectivity index (χ0v) is 9.75. The molecule has 0 atom stereocenters. The van der Waals surface area contributed by atoms with Crippen molar-refractivity contribution in [2.45, 2.75) is 9.79 Å². The topological polar surface area (TPSA) is 63.5 Å². The molecule has 0 spiro atoms. The first kappa shape index (κ1) is 12.7.